The molecule has 7 nitrogen and oxygen atoms in total. The minimum Gasteiger partial charge on any atom is -0.360 e. The Morgan fingerprint density at radius 2 is 2.32 bits per heavy atom. The number of carbonyl (C=O) groups is 1. The van der Waals surface area contributed by atoms with Gasteiger partial charge in [0.1, 0.15) is 5.76 Å². The number of sulfonamides is 1. The highest BCUT2D eigenvalue weighted by Gasteiger charge is 2.21. The number of nitrogens with zero attached hydrogens (tertiary/aromatic N) is 2. The van der Waals surface area contributed by atoms with Crippen molar-refractivity contribution in [1.29, 1.82) is 0 Å². The predicted molar refractivity (Wildman–Crippen MR) is 71.3 cm³/mol. The maximum atomic E-state index is 11.7. The van der Waals surface area contributed by atoms with Crippen LogP contribution in [0.3, 0.4) is 0 Å². The summed E-state index contributed by atoms with van der Waals surface area (Å²) < 4.78 is 29.2. The van der Waals surface area contributed by atoms with Gasteiger partial charge in [-0.1, -0.05) is 11.2 Å². The van der Waals surface area contributed by atoms with E-state index < -0.39 is 10.0 Å². The summed E-state index contributed by atoms with van der Waals surface area (Å²) in [6, 6.07) is 1.50. The quantitative estimate of drug-likeness (QED) is 0.735. The van der Waals surface area contributed by atoms with Crippen LogP contribution in [0.25, 0.3) is 0 Å². The van der Waals surface area contributed by atoms with Gasteiger partial charge in [-0.15, -0.1) is 6.58 Å². The molecule has 0 spiro atoms. The first kappa shape index (κ1) is 15.2. The van der Waals surface area contributed by atoms with Gasteiger partial charge in [0, 0.05) is 25.6 Å². The molecule has 0 atom stereocenters. The van der Waals surface area contributed by atoms with E-state index in [4.69, 9.17) is 4.52 Å². The Labute approximate surface area is 112 Å². The Balaban J connectivity index is 2.73. The molecule has 0 bridgehead atoms. The Bertz CT molecular complexity index is 550. The third kappa shape index (κ3) is 4.74. The van der Waals surface area contributed by atoms with Crippen LogP contribution in [0.2, 0.25) is 0 Å². The van der Waals surface area contributed by atoms with Crippen LogP contribution in [0.1, 0.15) is 12.2 Å². The lowest BCUT2D eigenvalue weighted by atomic mass is 10.4. The number of nitrogens with one attached hydrogen (secondary N) is 1. The van der Waals surface area contributed by atoms with E-state index in [0.29, 0.717) is 12.3 Å². The summed E-state index contributed by atoms with van der Waals surface area (Å²) in [6.07, 6.45) is 2.64. The molecular formula is C11H17N3O4S. The van der Waals surface area contributed by atoms with Crippen LogP contribution < -0.4 is 9.62 Å². The highest BCUT2D eigenvalue weighted by molar-refractivity contribution is 7.92. The van der Waals surface area contributed by atoms with Crippen LogP contribution in [0.4, 0.5) is 5.82 Å². The molecule has 1 aromatic heterocycles. The number of anilines is 1. The summed E-state index contributed by atoms with van der Waals surface area (Å²) in [5.74, 6) is 0.421. The van der Waals surface area contributed by atoms with Gasteiger partial charge in [0.2, 0.25) is 15.9 Å². The van der Waals surface area contributed by atoms with Gasteiger partial charge in [-0.2, -0.15) is 0 Å². The molecule has 106 valence electrons. The van der Waals surface area contributed by atoms with E-state index in [1.54, 1.807) is 13.0 Å². The van der Waals surface area contributed by atoms with Crippen molar-refractivity contribution in [2.45, 2.75) is 13.3 Å². The summed E-state index contributed by atoms with van der Waals surface area (Å²) in [5, 5.41) is 6.22. The molecule has 0 saturated heterocycles. The number of hydrogen-bond acceptors (Lipinski definition) is 5. The first-order chi connectivity index (χ1) is 8.84. The molecule has 0 aliphatic carbocycles. The van der Waals surface area contributed by atoms with E-state index in [1.165, 1.54) is 6.07 Å². The van der Waals surface area contributed by atoms with Crippen molar-refractivity contribution in [3.05, 3.63) is 24.5 Å². The highest BCUT2D eigenvalue weighted by atomic mass is 32.2. The van der Waals surface area contributed by atoms with Crippen molar-refractivity contribution in [3.63, 3.8) is 0 Å². The number of aromatic nitrogens is 1. The van der Waals surface area contributed by atoms with Crippen LogP contribution in [-0.2, 0) is 14.8 Å². The maximum absolute atomic E-state index is 11.7. The molecule has 19 heavy (non-hydrogen) atoms. The van der Waals surface area contributed by atoms with Gasteiger partial charge >= 0.3 is 0 Å². The van der Waals surface area contributed by atoms with E-state index in [2.05, 4.69) is 17.1 Å². The summed E-state index contributed by atoms with van der Waals surface area (Å²) in [4.78, 5) is 11.4. The van der Waals surface area contributed by atoms with Crippen molar-refractivity contribution in [1.82, 2.24) is 10.5 Å². The zero-order valence-electron chi connectivity index (χ0n) is 10.9. The van der Waals surface area contributed by atoms with Gasteiger partial charge in [0.15, 0.2) is 5.82 Å². The molecule has 0 aliphatic heterocycles. The van der Waals surface area contributed by atoms with Crippen molar-refractivity contribution in [2.75, 3.05) is 23.7 Å². The molecule has 1 heterocycles. The van der Waals surface area contributed by atoms with E-state index in [1.807, 2.05) is 0 Å². The van der Waals surface area contributed by atoms with Crippen molar-refractivity contribution < 1.29 is 17.7 Å². The zero-order chi connectivity index (χ0) is 14.5. The maximum Gasteiger partial charge on any atom is 0.233 e. The molecule has 0 fully saturated rings. The topological polar surface area (TPSA) is 92.5 Å². The molecule has 1 amide bonds. The smallest absolute Gasteiger partial charge is 0.233 e. The van der Waals surface area contributed by atoms with Crippen LogP contribution in [0.5, 0.6) is 0 Å². The number of amides is 1. The van der Waals surface area contributed by atoms with E-state index in [-0.39, 0.29) is 24.7 Å². The lowest BCUT2D eigenvalue weighted by Crippen LogP contribution is -2.34. The molecule has 1 aromatic rings. The van der Waals surface area contributed by atoms with E-state index in [9.17, 15) is 13.2 Å². The minimum absolute atomic E-state index is 0.00772. The van der Waals surface area contributed by atoms with Crippen LogP contribution in [-0.4, -0.2) is 38.8 Å². The fourth-order valence-corrected chi connectivity index (χ4v) is 2.25. The Kier molecular flexibility index (Phi) is 5.11. The van der Waals surface area contributed by atoms with Gasteiger partial charge in [-0.05, 0) is 6.92 Å². The summed E-state index contributed by atoms with van der Waals surface area (Å²) in [7, 11) is -3.51. The second-order valence-corrected chi connectivity index (χ2v) is 5.88. The summed E-state index contributed by atoms with van der Waals surface area (Å²) in [6.45, 7) is 5.49. The van der Waals surface area contributed by atoms with Crippen molar-refractivity contribution >= 4 is 21.7 Å². The molecule has 0 aromatic carbocycles. The normalized spacial score (nSPS) is 11.1. The largest absolute Gasteiger partial charge is 0.360 e. The van der Waals surface area contributed by atoms with Gasteiger partial charge in [0.05, 0.1) is 6.26 Å². The minimum atomic E-state index is -3.51. The number of carbonyl (C=O) groups excluding carboxylic acids is 1. The van der Waals surface area contributed by atoms with Crippen LogP contribution >= 0.6 is 0 Å². The first-order valence-electron chi connectivity index (χ1n) is 5.63. The second kappa shape index (κ2) is 6.37. The van der Waals surface area contributed by atoms with Crippen molar-refractivity contribution in [2.24, 2.45) is 0 Å². The molecule has 8 heteroatoms. The number of hydrogen-bond donors (Lipinski definition) is 1. The Morgan fingerprint density at radius 1 is 1.63 bits per heavy atom. The fourth-order valence-electron chi connectivity index (χ4n) is 1.40. The van der Waals surface area contributed by atoms with Gasteiger partial charge in [-0.3, -0.25) is 9.10 Å². The standard InChI is InChI=1S/C11H17N3O4S/c1-4-6-12-11(15)5-7-14(19(3,16)17)10-8-9(2)18-13-10/h4,8H,1,5-7H2,2-3H3,(H,12,15). The second-order valence-electron chi connectivity index (χ2n) is 3.97. The zero-order valence-corrected chi connectivity index (χ0v) is 11.7. The highest BCUT2D eigenvalue weighted by Crippen LogP contribution is 2.17. The Morgan fingerprint density at radius 3 is 2.79 bits per heavy atom. The fraction of sp³-hybridized carbons (Fsp3) is 0.455. The van der Waals surface area contributed by atoms with E-state index in [0.717, 1.165) is 10.6 Å². The third-order valence-electron chi connectivity index (χ3n) is 2.26. The lowest BCUT2D eigenvalue weighted by Gasteiger charge is -2.18. The molecular weight excluding hydrogens is 270 g/mol. The average Bonchev–Trinajstić information content (AvgIpc) is 2.71. The summed E-state index contributed by atoms with van der Waals surface area (Å²) >= 11 is 0. The van der Waals surface area contributed by atoms with E-state index >= 15 is 0 Å². The molecule has 1 N–H and O–H groups in total. The monoisotopic (exact) mass is 287 g/mol. The molecule has 0 aliphatic rings. The number of aryl methyl sites for hydroxylation is 1. The predicted octanol–water partition coefficient (Wildman–Crippen LogP) is 0.441. The molecule has 0 radical (unpaired) electrons. The molecule has 0 unspecified atom stereocenters. The summed E-state index contributed by atoms with van der Waals surface area (Å²) in [5.41, 5.74) is 0. The Hall–Kier alpha value is -1.83. The molecule has 1 rings (SSSR count). The van der Waals surface area contributed by atoms with Crippen molar-refractivity contribution in [3.8, 4) is 0 Å². The SMILES string of the molecule is C=CCNC(=O)CCN(c1cc(C)on1)S(C)(=O)=O. The first-order valence-corrected chi connectivity index (χ1v) is 7.48. The third-order valence-corrected chi connectivity index (χ3v) is 3.43. The van der Waals surface area contributed by atoms with Gasteiger partial charge in [0.25, 0.3) is 0 Å². The molecule has 0 saturated carbocycles. The van der Waals surface area contributed by atoms with Gasteiger partial charge < -0.3 is 9.84 Å². The van der Waals surface area contributed by atoms with Crippen LogP contribution in [0.15, 0.2) is 23.2 Å². The van der Waals surface area contributed by atoms with Crippen LogP contribution in [0, 0.1) is 6.92 Å². The average molecular weight is 287 g/mol. The number of rotatable bonds is 7. The lowest BCUT2D eigenvalue weighted by molar-refractivity contribution is -0.120. The van der Waals surface area contributed by atoms with Gasteiger partial charge in [-0.25, -0.2) is 8.42 Å².